The van der Waals surface area contributed by atoms with Gasteiger partial charge in [0.25, 0.3) is 0 Å². The molecular weight excluding hydrogens is 203 g/mol. The van der Waals surface area contributed by atoms with E-state index in [-0.39, 0.29) is 12.0 Å². The molecule has 0 aliphatic heterocycles. The quantitative estimate of drug-likeness (QED) is 0.721. The number of allylic oxidation sites excluding steroid dienone is 1. The zero-order chi connectivity index (χ0) is 11.8. The molecule has 0 heterocycles. The number of alkyl halides is 1. The van der Waals surface area contributed by atoms with Gasteiger partial charge in [-0.05, 0) is 31.6 Å². The van der Waals surface area contributed by atoms with E-state index in [0.29, 0.717) is 12.8 Å². The van der Waals surface area contributed by atoms with Gasteiger partial charge < -0.3 is 5.11 Å². The lowest BCUT2D eigenvalue weighted by Crippen LogP contribution is -2.23. The third kappa shape index (κ3) is 5.11. The smallest absolute Gasteiger partial charge is 0.104 e. The Bertz CT molecular complexity index is 193. The van der Waals surface area contributed by atoms with Crippen LogP contribution < -0.4 is 0 Å². The van der Waals surface area contributed by atoms with Gasteiger partial charge in [0.05, 0.1) is 6.10 Å². The van der Waals surface area contributed by atoms with E-state index < -0.39 is 6.17 Å². The van der Waals surface area contributed by atoms with Crippen molar-refractivity contribution in [2.45, 2.75) is 70.1 Å². The Morgan fingerprint density at radius 2 is 1.81 bits per heavy atom. The molecule has 0 saturated heterocycles. The molecule has 0 aromatic rings. The van der Waals surface area contributed by atoms with Gasteiger partial charge in [0.15, 0.2) is 0 Å². The Labute approximate surface area is 98.7 Å². The number of aliphatic hydroxyl groups is 1. The monoisotopic (exact) mass is 228 g/mol. The minimum atomic E-state index is -0.821. The first-order valence-electron chi connectivity index (χ1n) is 6.67. The van der Waals surface area contributed by atoms with Gasteiger partial charge in [-0.15, -0.1) is 6.58 Å². The third-order valence-corrected chi connectivity index (χ3v) is 3.60. The summed E-state index contributed by atoms with van der Waals surface area (Å²) in [5.74, 6) is 0.160. The molecule has 1 fully saturated rings. The van der Waals surface area contributed by atoms with Gasteiger partial charge in [-0.3, -0.25) is 0 Å². The molecule has 0 bridgehead atoms. The molecule has 1 aliphatic carbocycles. The van der Waals surface area contributed by atoms with Crippen molar-refractivity contribution in [3.63, 3.8) is 0 Å². The Kier molecular flexibility index (Phi) is 6.70. The summed E-state index contributed by atoms with van der Waals surface area (Å²) in [4.78, 5) is 0. The van der Waals surface area contributed by atoms with Gasteiger partial charge in [-0.1, -0.05) is 38.2 Å². The van der Waals surface area contributed by atoms with Crippen LogP contribution in [0.15, 0.2) is 12.7 Å². The highest BCUT2D eigenvalue weighted by Crippen LogP contribution is 2.27. The average molecular weight is 228 g/mol. The molecule has 0 radical (unpaired) electrons. The Balaban J connectivity index is 2.41. The second kappa shape index (κ2) is 7.83. The van der Waals surface area contributed by atoms with E-state index in [0.717, 1.165) is 25.7 Å². The van der Waals surface area contributed by atoms with Crippen LogP contribution >= 0.6 is 0 Å². The van der Waals surface area contributed by atoms with Crippen molar-refractivity contribution in [1.82, 2.24) is 0 Å². The molecule has 1 rings (SSSR count). The molecule has 3 unspecified atom stereocenters. The topological polar surface area (TPSA) is 20.2 Å². The van der Waals surface area contributed by atoms with E-state index in [1.165, 1.54) is 19.3 Å². The van der Waals surface area contributed by atoms with E-state index >= 15 is 0 Å². The maximum absolute atomic E-state index is 13.5. The molecule has 1 nitrogen and oxygen atoms in total. The first-order chi connectivity index (χ1) is 7.74. The lowest BCUT2D eigenvalue weighted by Gasteiger charge is -2.23. The van der Waals surface area contributed by atoms with Gasteiger partial charge in [-0.2, -0.15) is 0 Å². The van der Waals surface area contributed by atoms with Crippen LogP contribution in [0.2, 0.25) is 0 Å². The SMILES string of the molecule is C=CCC(F)CC1CCCCCCCC1O. The van der Waals surface area contributed by atoms with E-state index in [4.69, 9.17) is 0 Å². The zero-order valence-electron chi connectivity index (χ0n) is 10.2. The molecule has 16 heavy (non-hydrogen) atoms. The highest BCUT2D eigenvalue weighted by atomic mass is 19.1. The number of halogens is 1. The van der Waals surface area contributed by atoms with Crippen LogP contribution in [0.4, 0.5) is 4.39 Å². The number of hydrogen-bond acceptors (Lipinski definition) is 1. The largest absolute Gasteiger partial charge is 0.393 e. The fourth-order valence-electron chi connectivity index (χ4n) is 2.60. The normalized spacial score (nSPS) is 29.9. The van der Waals surface area contributed by atoms with Crippen LogP contribution in [0.1, 0.15) is 57.8 Å². The summed E-state index contributed by atoms with van der Waals surface area (Å²) in [7, 11) is 0. The highest BCUT2D eigenvalue weighted by molar-refractivity contribution is 4.79. The molecular formula is C14H25FO. The Morgan fingerprint density at radius 1 is 1.19 bits per heavy atom. The maximum atomic E-state index is 13.5. The summed E-state index contributed by atoms with van der Waals surface area (Å²) < 4.78 is 13.5. The summed E-state index contributed by atoms with van der Waals surface area (Å²) in [6.07, 6.45) is 9.24. The highest BCUT2D eigenvalue weighted by Gasteiger charge is 2.23. The van der Waals surface area contributed by atoms with Crippen molar-refractivity contribution in [3.8, 4) is 0 Å². The molecule has 0 aromatic carbocycles. The first kappa shape index (κ1) is 13.7. The molecule has 1 aliphatic rings. The summed E-state index contributed by atoms with van der Waals surface area (Å²) >= 11 is 0. The van der Waals surface area contributed by atoms with Crippen molar-refractivity contribution in [2.75, 3.05) is 0 Å². The fraction of sp³-hybridized carbons (Fsp3) is 0.857. The van der Waals surface area contributed by atoms with E-state index in [1.807, 2.05) is 0 Å². The average Bonchev–Trinajstić information content (AvgIpc) is 2.34. The number of rotatable bonds is 4. The summed E-state index contributed by atoms with van der Waals surface area (Å²) in [6.45, 7) is 3.56. The fourth-order valence-corrected chi connectivity index (χ4v) is 2.60. The second-order valence-electron chi connectivity index (χ2n) is 5.03. The minimum absolute atomic E-state index is 0.160. The number of hydrogen-bond donors (Lipinski definition) is 1. The zero-order valence-corrected chi connectivity index (χ0v) is 10.2. The molecule has 0 spiro atoms. The van der Waals surface area contributed by atoms with Crippen molar-refractivity contribution >= 4 is 0 Å². The predicted molar refractivity (Wildman–Crippen MR) is 66.1 cm³/mol. The Morgan fingerprint density at radius 3 is 2.50 bits per heavy atom. The lowest BCUT2D eigenvalue weighted by molar-refractivity contribution is 0.0719. The predicted octanol–water partition coefficient (Wildman–Crippen LogP) is 4.01. The van der Waals surface area contributed by atoms with Crippen molar-refractivity contribution in [2.24, 2.45) is 5.92 Å². The van der Waals surface area contributed by atoms with Gasteiger partial charge in [-0.25, -0.2) is 4.39 Å². The molecule has 0 aromatic heterocycles. The molecule has 94 valence electrons. The Hall–Kier alpha value is -0.370. The standard InChI is InChI=1S/C14H25FO/c1-2-8-13(15)11-12-9-6-4-3-5-7-10-14(12)16/h2,12-14,16H,1,3-11H2. The summed E-state index contributed by atoms with van der Waals surface area (Å²) in [5, 5.41) is 10.0. The molecule has 2 heteroatoms. The van der Waals surface area contributed by atoms with Crippen LogP contribution in [-0.4, -0.2) is 17.4 Å². The molecule has 3 atom stereocenters. The van der Waals surface area contributed by atoms with Gasteiger partial charge in [0, 0.05) is 0 Å². The van der Waals surface area contributed by atoms with Crippen LogP contribution in [0.5, 0.6) is 0 Å². The van der Waals surface area contributed by atoms with Crippen molar-refractivity contribution < 1.29 is 9.50 Å². The van der Waals surface area contributed by atoms with Crippen LogP contribution in [-0.2, 0) is 0 Å². The van der Waals surface area contributed by atoms with Gasteiger partial charge in [0.1, 0.15) is 6.17 Å². The van der Waals surface area contributed by atoms with Crippen molar-refractivity contribution in [1.29, 1.82) is 0 Å². The molecule has 1 saturated carbocycles. The minimum Gasteiger partial charge on any atom is -0.393 e. The lowest BCUT2D eigenvalue weighted by atomic mass is 9.88. The van der Waals surface area contributed by atoms with Crippen LogP contribution in [0.25, 0.3) is 0 Å². The summed E-state index contributed by atoms with van der Waals surface area (Å²) in [6, 6.07) is 0. The third-order valence-electron chi connectivity index (χ3n) is 3.60. The summed E-state index contributed by atoms with van der Waals surface area (Å²) in [5.41, 5.74) is 0. The van der Waals surface area contributed by atoms with E-state index in [1.54, 1.807) is 6.08 Å². The van der Waals surface area contributed by atoms with Crippen LogP contribution in [0.3, 0.4) is 0 Å². The van der Waals surface area contributed by atoms with Gasteiger partial charge in [0.2, 0.25) is 0 Å². The maximum Gasteiger partial charge on any atom is 0.104 e. The van der Waals surface area contributed by atoms with Crippen LogP contribution in [0, 0.1) is 5.92 Å². The molecule has 0 amide bonds. The molecule has 1 N–H and O–H groups in total. The van der Waals surface area contributed by atoms with Crippen molar-refractivity contribution in [3.05, 3.63) is 12.7 Å². The first-order valence-corrected chi connectivity index (χ1v) is 6.67. The number of aliphatic hydroxyl groups excluding tert-OH is 1. The van der Waals surface area contributed by atoms with E-state index in [9.17, 15) is 9.50 Å². The second-order valence-corrected chi connectivity index (χ2v) is 5.03. The van der Waals surface area contributed by atoms with Gasteiger partial charge >= 0.3 is 0 Å². The van der Waals surface area contributed by atoms with E-state index in [2.05, 4.69) is 6.58 Å².